The van der Waals surface area contributed by atoms with Gasteiger partial charge in [-0.1, -0.05) is 23.7 Å². The lowest BCUT2D eigenvalue weighted by Crippen LogP contribution is -2.46. The minimum absolute atomic E-state index is 0.0709. The predicted molar refractivity (Wildman–Crippen MR) is 98.0 cm³/mol. The van der Waals surface area contributed by atoms with Gasteiger partial charge in [-0.2, -0.15) is 0 Å². The summed E-state index contributed by atoms with van der Waals surface area (Å²) in [7, 11) is -1.59. The minimum atomic E-state index is -3.19. The van der Waals surface area contributed by atoms with Crippen LogP contribution in [0.25, 0.3) is 0 Å². The monoisotopic (exact) mass is 388 g/mol. The summed E-state index contributed by atoms with van der Waals surface area (Å²) >= 11 is 6.05. The van der Waals surface area contributed by atoms with Gasteiger partial charge >= 0.3 is 0 Å². The summed E-state index contributed by atoms with van der Waals surface area (Å²) in [5, 5.41) is 3.55. The second-order valence-corrected chi connectivity index (χ2v) is 9.02. The Morgan fingerprint density at radius 3 is 2.56 bits per heavy atom. The number of ether oxygens (including phenoxy) is 1. The number of rotatable bonds is 6. The standard InChI is InChI=1S/C17H25ClN2O4S/c1-17(24-2,14-5-4-6-15(18)11-14)12-19-16(21)13-7-9-20(10-8-13)25(3,22)23/h4-6,11,13H,7-10,12H2,1-3H3,(H,19,21). The number of nitrogens with zero attached hydrogens (tertiary/aromatic N) is 1. The second kappa shape index (κ2) is 8.03. The Bertz CT molecular complexity index is 717. The molecule has 1 amide bonds. The third kappa shape index (κ3) is 5.17. The van der Waals surface area contributed by atoms with E-state index < -0.39 is 15.6 Å². The number of sulfonamides is 1. The van der Waals surface area contributed by atoms with Gasteiger partial charge in [0.25, 0.3) is 0 Å². The van der Waals surface area contributed by atoms with Crippen LogP contribution in [-0.2, 0) is 25.2 Å². The van der Waals surface area contributed by atoms with Crippen LogP contribution in [0.4, 0.5) is 0 Å². The Labute approximate surface area is 154 Å². The summed E-state index contributed by atoms with van der Waals surface area (Å²) in [5.41, 5.74) is 0.197. The van der Waals surface area contributed by atoms with E-state index in [0.29, 0.717) is 37.5 Å². The number of amides is 1. The lowest BCUT2D eigenvalue weighted by Gasteiger charge is -2.32. The van der Waals surface area contributed by atoms with E-state index in [1.54, 1.807) is 13.2 Å². The SMILES string of the molecule is COC(C)(CNC(=O)C1CCN(S(C)(=O)=O)CC1)c1cccc(Cl)c1. The lowest BCUT2D eigenvalue weighted by atomic mass is 9.94. The van der Waals surface area contributed by atoms with E-state index in [9.17, 15) is 13.2 Å². The van der Waals surface area contributed by atoms with Crippen molar-refractivity contribution < 1.29 is 17.9 Å². The Balaban J connectivity index is 1.95. The maximum absolute atomic E-state index is 12.5. The zero-order valence-electron chi connectivity index (χ0n) is 14.8. The third-order valence-corrected chi connectivity index (χ3v) is 6.32. The predicted octanol–water partition coefficient (Wildman–Crippen LogP) is 1.99. The van der Waals surface area contributed by atoms with Crippen LogP contribution in [0, 0.1) is 5.92 Å². The topological polar surface area (TPSA) is 75.7 Å². The summed E-state index contributed by atoms with van der Waals surface area (Å²) in [6.45, 7) is 2.97. The molecule has 25 heavy (non-hydrogen) atoms. The third-order valence-electron chi connectivity index (χ3n) is 4.78. The molecule has 0 aliphatic carbocycles. The molecule has 1 atom stereocenters. The van der Waals surface area contributed by atoms with E-state index in [0.717, 1.165) is 5.56 Å². The average Bonchev–Trinajstić information content (AvgIpc) is 2.58. The molecule has 1 aromatic carbocycles. The summed E-state index contributed by atoms with van der Waals surface area (Å²) in [5.74, 6) is -0.253. The Morgan fingerprint density at radius 1 is 1.40 bits per heavy atom. The fourth-order valence-electron chi connectivity index (χ4n) is 2.96. The highest BCUT2D eigenvalue weighted by Crippen LogP contribution is 2.27. The maximum Gasteiger partial charge on any atom is 0.223 e. The van der Waals surface area contributed by atoms with Crippen LogP contribution in [-0.4, -0.2) is 51.6 Å². The van der Waals surface area contributed by atoms with Gasteiger partial charge in [0.15, 0.2) is 0 Å². The number of nitrogens with one attached hydrogen (secondary N) is 1. The van der Waals surface area contributed by atoms with E-state index in [1.807, 2.05) is 25.1 Å². The molecule has 1 heterocycles. The first-order valence-electron chi connectivity index (χ1n) is 8.20. The summed E-state index contributed by atoms with van der Waals surface area (Å²) in [6, 6.07) is 7.36. The van der Waals surface area contributed by atoms with Gasteiger partial charge in [0.05, 0.1) is 12.8 Å². The van der Waals surface area contributed by atoms with E-state index >= 15 is 0 Å². The molecule has 0 spiro atoms. The van der Waals surface area contributed by atoms with Crippen molar-refractivity contribution in [3.8, 4) is 0 Å². The van der Waals surface area contributed by atoms with Crippen LogP contribution >= 0.6 is 11.6 Å². The number of hydrogen-bond acceptors (Lipinski definition) is 4. The van der Waals surface area contributed by atoms with Crippen molar-refractivity contribution in [1.29, 1.82) is 0 Å². The van der Waals surface area contributed by atoms with Gasteiger partial charge in [-0.3, -0.25) is 4.79 Å². The quantitative estimate of drug-likeness (QED) is 0.808. The molecule has 1 unspecified atom stereocenters. The molecule has 1 saturated heterocycles. The fraction of sp³-hybridized carbons (Fsp3) is 0.588. The summed E-state index contributed by atoms with van der Waals surface area (Å²) in [6.07, 6.45) is 2.25. The summed E-state index contributed by atoms with van der Waals surface area (Å²) < 4.78 is 30.1. The van der Waals surface area contributed by atoms with E-state index in [4.69, 9.17) is 16.3 Å². The van der Waals surface area contributed by atoms with Crippen molar-refractivity contribution in [2.45, 2.75) is 25.4 Å². The average molecular weight is 389 g/mol. The number of carbonyl (C=O) groups is 1. The van der Waals surface area contributed by atoms with E-state index in [1.165, 1.54) is 10.6 Å². The molecule has 0 radical (unpaired) electrons. The van der Waals surface area contributed by atoms with Crippen molar-refractivity contribution in [3.63, 3.8) is 0 Å². The number of benzene rings is 1. The molecule has 1 aliphatic heterocycles. The second-order valence-electron chi connectivity index (χ2n) is 6.60. The smallest absolute Gasteiger partial charge is 0.223 e. The van der Waals surface area contributed by atoms with Gasteiger partial charge in [0.2, 0.25) is 15.9 Å². The number of halogens is 1. The molecule has 6 nitrogen and oxygen atoms in total. The largest absolute Gasteiger partial charge is 0.372 e. The van der Waals surface area contributed by atoms with Gasteiger partial charge in [0.1, 0.15) is 5.60 Å². The lowest BCUT2D eigenvalue weighted by molar-refractivity contribution is -0.127. The molecule has 0 saturated carbocycles. The van der Waals surface area contributed by atoms with Crippen LogP contribution in [0.15, 0.2) is 24.3 Å². The van der Waals surface area contributed by atoms with Gasteiger partial charge in [0, 0.05) is 31.1 Å². The number of hydrogen-bond donors (Lipinski definition) is 1. The van der Waals surface area contributed by atoms with Crippen LogP contribution in [0.5, 0.6) is 0 Å². The minimum Gasteiger partial charge on any atom is -0.372 e. The van der Waals surface area contributed by atoms with Crippen LogP contribution in [0.1, 0.15) is 25.3 Å². The highest BCUT2D eigenvalue weighted by atomic mass is 35.5. The molecule has 1 aromatic rings. The van der Waals surface area contributed by atoms with Crippen LogP contribution in [0.3, 0.4) is 0 Å². The number of piperidine rings is 1. The first-order chi connectivity index (χ1) is 11.7. The molecule has 1 aliphatic rings. The van der Waals surface area contributed by atoms with Crippen molar-refractivity contribution in [2.24, 2.45) is 5.92 Å². The van der Waals surface area contributed by atoms with Crippen molar-refractivity contribution in [3.05, 3.63) is 34.9 Å². The first-order valence-corrected chi connectivity index (χ1v) is 10.4. The molecule has 2 rings (SSSR count). The normalized spacial score (nSPS) is 19.4. The Hall–Kier alpha value is -1.15. The molecule has 140 valence electrons. The zero-order chi connectivity index (χ0) is 18.7. The highest BCUT2D eigenvalue weighted by Gasteiger charge is 2.31. The van der Waals surface area contributed by atoms with Crippen molar-refractivity contribution in [2.75, 3.05) is 33.0 Å². The molecule has 1 N–H and O–H groups in total. The maximum atomic E-state index is 12.5. The van der Waals surface area contributed by atoms with E-state index in [-0.39, 0.29) is 11.8 Å². The first kappa shape index (κ1) is 20.2. The number of carbonyl (C=O) groups excluding carboxylic acids is 1. The van der Waals surface area contributed by atoms with Crippen LogP contribution in [0.2, 0.25) is 5.02 Å². The fourth-order valence-corrected chi connectivity index (χ4v) is 4.02. The Morgan fingerprint density at radius 2 is 2.04 bits per heavy atom. The highest BCUT2D eigenvalue weighted by molar-refractivity contribution is 7.88. The molecule has 0 aromatic heterocycles. The Kier molecular flexibility index (Phi) is 6.48. The van der Waals surface area contributed by atoms with Gasteiger partial charge in [-0.15, -0.1) is 0 Å². The van der Waals surface area contributed by atoms with Crippen molar-refractivity contribution in [1.82, 2.24) is 9.62 Å². The van der Waals surface area contributed by atoms with Gasteiger partial charge in [-0.25, -0.2) is 12.7 Å². The zero-order valence-corrected chi connectivity index (χ0v) is 16.4. The molecular formula is C17H25ClN2O4S. The van der Waals surface area contributed by atoms with Crippen molar-refractivity contribution >= 4 is 27.5 Å². The van der Waals surface area contributed by atoms with E-state index in [2.05, 4.69) is 5.32 Å². The molecule has 1 fully saturated rings. The van der Waals surface area contributed by atoms with Gasteiger partial charge in [-0.05, 0) is 37.5 Å². The molecule has 8 heteroatoms. The van der Waals surface area contributed by atoms with Crippen LogP contribution < -0.4 is 5.32 Å². The number of methoxy groups -OCH3 is 1. The van der Waals surface area contributed by atoms with Gasteiger partial charge < -0.3 is 10.1 Å². The molecular weight excluding hydrogens is 364 g/mol. The molecule has 0 bridgehead atoms. The summed E-state index contributed by atoms with van der Waals surface area (Å²) in [4.78, 5) is 12.5.